The van der Waals surface area contributed by atoms with Gasteiger partial charge in [-0.05, 0) is 43.2 Å². The average Bonchev–Trinajstić information content (AvgIpc) is 3.15. The van der Waals surface area contributed by atoms with Crippen molar-refractivity contribution in [1.29, 1.82) is 0 Å². The van der Waals surface area contributed by atoms with Gasteiger partial charge in [-0.1, -0.05) is 13.8 Å². The van der Waals surface area contributed by atoms with Crippen LogP contribution in [0.4, 0.5) is 0 Å². The van der Waals surface area contributed by atoms with Crippen LogP contribution in [-0.4, -0.2) is 44.1 Å². The van der Waals surface area contributed by atoms with Gasteiger partial charge in [0.1, 0.15) is 5.82 Å². The van der Waals surface area contributed by atoms with Gasteiger partial charge in [0.25, 0.3) is 5.91 Å². The largest absolute Gasteiger partial charge is 0.338 e. The van der Waals surface area contributed by atoms with Crippen LogP contribution in [0.3, 0.4) is 0 Å². The van der Waals surface area contributed by atoms with E-state index >= 15 is 0 Å². The summed E-state index contributed by atoms with van der Waals surface area (Å²) in [6, 6.07) is 1.82. The Labute approximate surface area is 148 Å². The number of hydrogen-bond acceptors (Lipinski definition) is 4. The summed E-state index contributed by atoms with van der Waals surface area (Å²) in [4.78, 5) is 23.8. The van der Waals surface area contributed by atoms with Gasteiger partial charge >= 0.3 is 0 Å². The Kier molecular flexibility index (Phi) is 4.06. The van der Waals surface area contributed by atoms with E-state index in [-0.39, 0.29) is 11.8 Å². The summed E-state index contributed by atoms with van der Waals surface area (Å²) in [5, 5.41) is 7.51. The molecular formula is C19H25N5O. The second kappa shape index (κ2) is 6.24. The number of carbonyl (C=O) groups is 1. The molecular weight excluding hydrogens is 314 g/mol. The van der Waals surface area contributed by atoms with Gasteiger partial charge in [-0.2, -0.15) is 5.10 Å². The van der Waals surface area contributed by atoms with Crippen LogP contribution in [0.5, 0.6) is 0 Å². The lowest BCUT2D eigenvalue weighted by molar-refractivity contribution is 0.0784. The van der Waals surface area contributed by atoms with E-state index in [9.17, 15) is 4.79 Å². The molecule has 0 aromatic carbocycles. The first kappa shape index (κ1) is 16.2. The van der Waals surface area contributed by atoms with Crippen LogP contribution in [-0.2, 0) is 0 Å². The predicted molar refractivity (Wildman–Crippen MR) is 94.3 cm³/mol. The summed E-state index contributed by atoms with van der Waals surface area (Å²) in [5.74, 6) is 3.69. The molecule has 1 saturated carbocycles. The zero-order chi connectivity index (χ0) is 17.6. The maximum Gasteiger partial charge on any atom is 0.254 e. The third kappa shape index (κ3) is 3.05. The SMILES string of the molecule is Cc1cnccc1C(=O)N1C[C@H](c2nc(C(C)C)n[nH]2)[C@@H](C2CC2)C1. The molecule has 1 amide bonds. The highest BCUT2D eigenvalue weighted by Crippen LogP contribution is 2.47. The fourth-order valence-electron chi connectivity index (χ4n) is 3.88. The summed E-state index contributed by atoms with van der Waals surface area (Å²) in [7, 11) is 0. The monoisotopic (exact) mass is 339 g/mol. The summed E-state index contributed by atoms with van der Waals surface area (Å²) in [5.41, 5.74) is 1.69. The molecule has 2 fully saturated rings. The van der Waals surface area contributed by atoms with E-state index in [1.165, 1.54) is 12.8 Å². The minimum Gasteiger partial charge on any atom is -0.338 e. The van der Waals surface area contributed by atoms with E-state index in [0.29, 0.717) is 24.3 Å². The van der Waals surface area contributed by atoms with Gasteiger partial charge in [-0.15, -0.1) is 0 Å². The number of H-pyrrole nitrogens is 1. The van der Waals surface area contributed by atoms with Gasteiger partial charge in [-0.3, -0.25) is 14.9 Å². The summed E-state index contributed by atoms with van der Waals surface area (Å²) < 4.78 is 0. The third-order valence-electron chi connectivity index (χ3n) is 5.52. The number of rotatable bonds is 4. The number of nitrogens with zero attached hydrogens (tertiary/aromatic N) is 4. The number of aryl methyl sites for hydroxylation is 1. The van der Waals surface area contributed by atoms with Crippen LogP contribution in [0.2, 0.25) is 0 Å². The summed E-state index contributed by atoms with van der Waals surface area (Å²) in [6.07, 6.45) is 5.98. The lowest BCUT2D eigenvalue weighted by Gasteiger charge is -2.17. The Balaban J connectivity index is 1.58. The van der Waals surface area contributed by atoms with Crippen LogP contribution in [0.1, 0.15) is 66.1 Å². The molecule has 0 radical (unpaired) electrons. The summed E-state index contributed by atoms with van der Waals surface area (Å²) in [6.45, 7) is 7.67. The fourth-order valence-corrected chi connectivity index (χ4v) is 3.88. The number of likely N-dealkylation sites (tertiary alicyclic amines) is 1. The summed E-state index contributed by atoms with van der Waals surface area (Å²) >= 11 is 0. The quantitative estimate of drug-likeness (QED) is 0.929. The Bertz CT molecular complexity index is 780. The smallest absolute Gasteiger partial charge is 0.254 e. The van der Waals surface area contributed by atoms with Gasteiger partial charge in [0.15, 0.2) is 5.82 Å². The van der Waals surface area contributed by atoms with E-state index in [2.05, 4.69) is 29.0 Å². The third-order valence-corrected chi connectivity index (χ3v) is 5.52. The molecule has 6 heteroatoms. The highest BCUT2D eigenvalue weighted by molar-refractivity contribution is 5.95. The standard InChI is InChI=1S/C19H25N5O/c1-11(2)17-21-18(23-22-17)16-10-24(9-15(16)13-4-5-13)19(25)14-6-7-20-8-12(14)3/h6-8,11,13,15-16H,4-5,9-10H2,1-3H3,(H,21,22,23)/t15-,16+/m1/s1. The molecule has 0 unspecified atom stereocenters. The van der Waals surface area contributed by atoms with Crippen LogP contribution in [0.25, 0.3) is 0 Å². The Hall–Kier alpha value is -2.24. The molecule has 4 rings (SSSR count). The Morgan fingerprint density at radius 2 is 2.12 bits per heavy atom. The fraction of sp³-hybridized carbons (Fsp3) is 0.579. The molecule has 1 aliphatic carbocycles. The molecule has 1 saturated heterocycles. The highest BCUT2D eigenvalue weighted by atomic mass is 16.2. The lowest BCUT2D eigenvalue weighted by atomic mass is 9.91. The number of carbonyl (C=O) groups excluding carboxylic acids is 1. The van der Waals surface area contributed by atoms with Crippen LogP contribution < -0.4 is 0 Å². The second-order valence-corrected chi connectivity index (χ2v) is 7.74. The topological polar surface area (TPSA) is 74.8 Å². The van der Waals surface area contributed by atoms with E-state index in [1.807, 2.05) is 17.9 Å². The molecule has 2 atom stereocenters. The lowest BCUT2D eigenvalue weighted by Crippen LogP contribution is -2.29. The number of aromatic amines is 1. The minimum absolute atomic E-state index is 0.108. The van der Waals surface area contributed by atoms with Crippen molar-refractivity contribution in [3.8, 4) is 0 Å². The first-order chi connectivity index (χ1) is 12.0. The van der Waals surface area contributed by atoms with Crippen molar-refractivity contribution in [3.63, 3.8) is 0 Å². The second-order valence-electron chi connectivity index (χ2n) is 7.74. The van der Waals surface area contributed by atoms with E-state index in [0.717, 1.165) is 29.3 Å². The van der Waals surface area contributed by atoms with Gasteiger partial charge < -0.3 is 4.90 Å². The molecule has 1 aliphatic heterocycles. The van der Waals surface area contributed by atoms with Gasteiger partial charge in [0, 0.05) is 42.9 Å². The average molecular weight is 339 g/mol. The first-order valence-corrected chi connectivity index (χ1v) is 9.16. The van der Waals surface area contributed by atoms with Crippen molar-refractivity contribution in [3.05, 3.63) is 41.2 Å². The van der Waals surface area contributed by atoms with Crippen molar-refractivity contribution in [1.82, 2.24) is 25.1 Å². The van der Waals surface area contributed by atoms with Crippen molar-refractivity contribution in [2.75, 3.05) is 13.1 Å². The zero-order valence-corrected chi connectivity index (χ0v) is 15.1. The molecule has 1 N–H and O–H groups in total. The molecule has 0 spiro atoms. The van der Waals surface area contributed by atoms with Crippen molar-refractivity contribution in [2.45, 2.75) is 45.4 Å². The number of pyridine rings is 1. The van der Waals surface area contributed by atoms with E-state index < -0.39 is 0 Å². The van der Waals surface area contributed by atoms with Gasteiger partial charge in [0.05, 0.1) is 0 Å². The molecule has 132 valence electrons. The van der Waals surface area contributed by atoms with Crippen LogP contribution in [0.15, 0.2) is 18.5 Å². The minimum atomic E-state index is 0.108. The molecule has 0 bridgehead atoms. The maximum absolute atomic E-state index is 13.0. The first-order valence-electron chi connectivity index (χ1n) is 9.16. The van der Waals surface area contributed by atoms with Crippen molar-refractivity contribution in [2.24, 2.45) is 11.8 Å². The molecule has 25 heavy (non-hydrogen) atoms. The van der Waals surface area contributed by atoms with E-state index in [1.54, 1.807) is 12.4 Å². The van der Waals surface area contributed by atoms with E-state index in [4.69, 9.17) is 4.98 Å². The van der Waals surface area contributed by atoms with Crippen LogP contribution >= 0.6 is 0 Å². The van der Waals surface area contributed by atoms with Gasteiger partial charge in [-0.25, -0.2) is 4.98 Å². The Morgan fingerprint density at radius 1 is 1.32 bits per heavy atom. The number of hydrogen-bond donors (Lipinski definition) is 1. The van der Waals surface area contributed by atoms with Crippen LogP contribution in [0, 0.1) is 18.8 Å². The molecule has 2 aliphatic rings. The van der Waals surface area contributed by atoms with Gasteiger partial charge in [0.2, 0.25) is 0 Å². The zero-order valence-electron chi connectivity index (χ0n) is 15.1. The molecule has 6 nitrogen and oxygen atoms in total. The molecule has 2 aromatic heterocycles. The maximum atomic E-state index is 13.0. The van der Waals surface area contributed by atoms with Crippen molar-refractivity contribution < 1.29 is 4.79 Å². The highest BCUT2D eigenvalue weighted by Gasteiger charge is 2.45. The molecule has 3 heterocycles. The number of nitrogens with one attached hydrogen (secondary N) is 1. The predicted octanol–water partition coefficient (Wildman–Crippen LogP) is 2.90. The normalized spacial score (nSPS) is 23.4. The number of amides is 1. The molecule has 2 aromatic rings. The Morgan fingerprint density at radius 3 is 2.76 bits per heavy atom. The number of aromatic nitrogens is 4. The van der Waals surface area contributed by atoms with Crippen molar-refractivity contribution >= 4 is 5.91 Å².